The van der Waals surface area contributed by atoms with Gasteiger partial charge in [-0.3, -0.25) is 4.57 Å². The van der Waals surface area contributed by atoms with E-state index in [1.807, 2.05) is 0 Å². The summed E-state index contributed by atoms with van der Waals surface area (Å²) in [7, 11) is 0. The van der Waals surface area contributed by atoms with Crippen LogP contribution in [0.3, 0.4) is 0 Å². The molecule has 0 saturated carbocycles. The second kappa shape index (κ2) is 15.5. The fraction of sp³-hybridized carbons (Fsp3) is 0. The Kier molecular flexibility index (Phi) is 8.59. The van der Waals surface area contributed by atoms with Gasteiger partial charge in [0, 0.05) is 54.6 Å². The maximum Gasteiger partial charge on any atom is 0.235 e. The van der Waals surface area contributed by atoms with Gasteiger partial charge in [-0.1, -0.05) is 170 Å². The number of para-hydroxylation sites is 4. The van der Waals surface area contributed by atoms with Crippen LogP contribution in [0.15, 0.2) is 249 Å². The van der Waals surface area contributed by atoms with Crippen LogP contribution in [0.2, 0.25) is 0 Å². The number of rotatable bonds is 6. The van der Waals surface area contributed by atoms with Crippen molar-refractivity contribution in [2.24, 2.45) is 0 Å². The molecule has 15 rings (SSSR count). The molecule has 0 aliphatic carbocycles. The van der Waals surface area contributed by atoms with E-state index in [1.54, 1.807) is 0 Å². The van der Waals surface area contributed by atoms with Crippen LogP contribution < -0.4 is 0 Å². The molecule has 4 aromatic heterocycles. The summed E-state index contributed by atoms with van der Waals surface area (Å²) in [5.41, 5.74) is 16.6. The third-order valence-electron chi connectivity index (χ3n) is 14.6. The lowest BCUT2D eigenvalue weighted by atomic mass is 9.98. The molecule has 0 unspecified atom stereocenters. The van der Waals surface area contributed by atoms with Gasteiger partial charge in [-0.2, -0.15) is 0 Å². The van der Waals surface area contributed by atoms with E-state index < -0.39 is 0 Å². The van der Waals surface area contributed by atoms with Crippen LogP contribution in [0.25, 0.3) is 138 Å². The second-order valence-corrected chi connectivity index (χ2v) is 18.6. The molecule has 0 saturated heterocycles. The minimum absolute atomic E-state index is 0.645. The van der Waals surface area contributed by atoms with E-state index in [9.17, 15) is 0 Å². The van der Waals surface area contributed by atoms with Crippen molar-refractivity contribution in [1.82, 2.24) is 23.7 Å². The van der Waals surface area contributed by atoms with Gasteiger partial charge in [0.15, 0.2) is 0 Å². The zero-order chi connectivity index (χ0) is 46.6. The highest BCUT2D eigenvalue weighted by molar-refractivity contribution is 6.29. The maximum atomic E-state index is 5.44. The normalized spacial score (nSPS) is 11.9. The first-order valence-electron chi connectivity index (χ1n) is 24.2. The van der Waals surface area contributed by atoms with Crippen LogP contribution in [0, 0.1) is 0 Å². The molecule has 0 aliphatic rings. The Hall–Kier alpha value is -9.58. The van der Waals surface area contributed by atoms with E-state index in [-0.39, 0.29) is 0 Å². The van der Waals surface area contributed by atoms with Gasteiger partial charge in [0.1, 0.15) is 0 Å². The summed E-state index contributed by atoms with van der Waals surface area (Å²) in [5.74, 6) is 0.645. The predicted octanol–water partition coefficient (Wildman–Crippen LogP) is 17.1. The van der Waals surface area contributed by atoms with Crippen molar-refractivity contribution in [2.45, 2.75) is 0 Å². The average Bonchev–Trinajstić information content (AvgIpc) is 4.08. The van der Waals surface area contributed by atoms with E-state index >= 15 is 0 Å². The lowest BCUT2D eigenvalue weighted by Gasteiger charge is -2.14. The Bertz CT molecular complexity index is 4580. The minimum Gasteiger partial charge on any atom is -0.309 e. The number of benzene rings is 11. The molecule has 4 heterocycles. The topological polar surface area (TPSA) is 40.6 Å². The molecule has 5 heteroatoms. The minimum atomic E-state index is 0.645. The Labute approximate surface area is 408 Å². The van der Waals surface area contributed by atoms with E-state index in [1.165, 1.54) is 65.6 Å². The molecule has 71 heavy (non-hydrogen) atoms. The van der Waals surface area contributed by atoms with Crippen molar-refractivity contribution < 1.29 is 0 Å². The van der Waals surface area contributed by atoms with Crippen molar-refractivity contribution in [3.05, 3.63) is 249 Å². The van der Waals surface area contributed by atoms with E-state index in [0.29, 0.717) is 5.95 Å². The smallest absolute Gasteiger partial charge is 0.235 e. The van der Waals surface area contributed by atoms with Crippen molar-refractivity contribution >= 4 is 87.1 Å². The highest BCUT2D eigenvalue weighted by Gasteiger charge is 2.23. The predicted molar refractivity (Wildman–Crippen MR) is 296 cm³/mol. The Morgan fingerprint density at radius 2 is 0.761 bits per heavy atom. The summed E-state index contributed by atoms with van der Waals surface area (Å²) in [6, 6.07) is 89.9. The van der Waals surface area contributed by atoms with E-state index in [4.69, 9.17) is 9.97 Å². The van der Waals surface area contributed by atoms with Gasteiger partial charge in [-0.15, -0.1) is 0 Å². The van der Waals surface area contributed by atoms with Crippen molar-refractivity contribution in [3.63, 3.8) is 0 Å². The van der Waals surface area contributed by atoms with E-state index in [2.05, 4.69) is 262 Å². The van der Waals surface area contributed by atoms with Gasteiger partial charge in [0.05, 0.1) is 44.3 Å². The molecule has 11 aromatic carbocycles. The van der Waals surface area contributed by atoms with E-state index in [0.717, 1.165) is 66.4 Å². The molecule has 0 bridgehead atoms. The summed E-state index contributed by atoms with van der Waals surface area (Å²) >= 11 is 0. The molecule has 15 aromatic rings. The largest absolute Gasteiger partial charge is 0.309 e. The highest BCUT2D eigenvalue weighted by Crippen LogP contribution is 2.44. The number of nitrogens with zero attached hydrogens (tertiary/aromatic N) is 5. The monoisotopic (exact) mass is 903 g/mol. The third-order valence-corrected chi connectivity index (χ3v) is 14.6. The summed E-state index contributed by atoms with van der Waals surface area (Å²) in [6.45, 7) is 0. The summed E-state index contributed by atoms with van der Waals surface area (Å²) in [4.78, 5) is 10.7. The van der Waals surface area contributed by atoms with Gasteiger partial charge < -0.3 is 9.13 Å². The molecular weight excluding hydrogens is 863 g/mol. The number of hydrogen-bond acceptors (Lipinski definition) is 2. The van der Waals surface area contributed by atoms with Crippen LogP contribution in [-0.4, -0.2) is 23.7 Å². The Balaban J connectivity index is 0.950. The SMILES string of the molecule is c1ccc(-c2cc(-c3ccccc3)cc(-n3c4ccccc4c4c5c6ccccc6n(-c6ccc7c(c6)c6ccccc6n7-c6nc(-c7ccc8ccccc8c7)c7ccccc7n6)c5ccc43)c2)cc1. The zero-order valence-corrected chi connectivity index (χ0v) is 38.4. The first-order chi connectivity index (χ1) is 35.2. The van der Waals surface area contributed by atoms with Gasteiger partial charge in [0.25, 0.3) is 0 Å². The standard InChI is InChI=1S/C66H41N5/c1-3-17-42(18-4-1)47-38-48(43-19-5-2-6-20-43)40-50(39-47)70-59-30-16-12-26-54(59)64-62(70)36-35-61-63(64)53-25-11-15-29-58(53)69(61)49-33-34-60-55(41-49)51-23-10-14-28-57(51)71(60)66-67-56-27-13-9-24-52(56)65(68-66)46-32-31-44-21-7-8-22-45(44)37-46/h1-41H. The van der Waals surface area contributed by atoms with Gasteiger partial charge >= 0.3 is 0 Å². The average molecular weight is 904 g/mol. The lowest BCUT2D eigenvalue weighted by molar-refractivity contribution is 1.01. The molecule has 0 spiro atoms. The molecule has 330 valence electrons. The van der Waals surface area contributed by atoms with Gasteiger partial charge in [-0.25, -0.2) is 9.97 Å². The first-order valence-corrected chi connectivity index (χ1v) is 24.2. The Morgan fingerprint density at radius 1 is 0.254 bits per heavy atom. The molecule has 0 amide bonds. The summed E-state index contributed by atoms with van der Waals surface area (Å²) in [6.07, 6.45) is 0. The van der Waals surface area contributed by atoms with Crippen LogP contribution in [0.1, 0.15) is 0 Å². The van der Waals surface area contributed by atoms with Crippen molar-refractivity contribution in [2.75, 3.05) is 0 Å². The second-order valence-electron chi connectivity index (χ2n) is 18.6. The summed E-state index contributed by atoms with van der Waals surface area (Å²) < 4.78 is 7.16. The molecule has 0 atom stereocenters. The molecular formula is C66H41N5. The highest BCUT2D eigenvalue weighted by atomic mass is 15.2. The molecule has 5 nitrogen and oxygen atoms in total. The van der Waals surface area contributed by atoms with Crippen LogP contribution in [0.5, 0.6) is 0 Å². The van der Waals surface area contributed by atoms with Crippen LogP contribution in [-0.2, 0) is 0 Å². The zero-order valence-electron chi connectivity index (χ0n) is 38.4. The Morgan fingerprint density at radius 3 is 1.42 bits per heavy atom. The summed E-state index contributed by atoms with van der Waals surface area (Å²) in [5, 5.41) is 10.6. The van der Waals surface area contributed by atoms with Crippen molar-refractivity contribution in [1.29, 1.82) is 0 Å². The molecule has 0 aliphatic heterocycles. The lowest BCUT2D eigenvalue weighted by Crippen LogP contribution is -2.03. The number of hydrogen-bond donors (Lipinski definition) is 0. The van der Waals surface area contributed by atoms with Gasteiger partial charge in [0.2, 0.25) is 5.95 Å². The number of fused-ring (bicyclic) bond motifs is 12. The third kappa shape index (κ3) is 6.06. The fourth-order valence-corrected chi connectivity index (χ4v) is 11.4. The quantitative estimate of drug-likeness (QED) is 0.167. The molecule has 0 radical (unpaired) electrons. The number of aromatic nitrogens is 5. The first kappa shape index (κ1) is 39.4. The van der Waals surface area contributed by atoms with Gasteiger partial charge in [-0.05, 0) is 112 Å². The maximum absolute atomic E-state index is 5.44. The van der Waals surface area contributed by atoms with Crippen molar-refractivity contribution in [3.8, 4) is 50.8 Å². The molecule has 0 fully saturated rings. The van der Waals surface area contributed by atoms with Crippen LogP contribution >= 0.6 is 0 Å². The van der Waals surface area contributed by atoms with Crippen LogP contribution in [0.4, 0.5) is 0 Å². The molecule has 0 N–H and O–H groups in total. The fourth-order valence-electron chi connectivity index (χ4n) is 11.4.